The zero-order valence-corrected chi connectivity index (χ0v) is 19.9. The number of nitrogens with zero attached hydrogens (tertiary/aromatic N) is 2. The summed E-state index contributed by atoms with van der Waals surface area (Å²) in [5.74, 6) is 0.316. The summed E-state index contributed by atoms with van der Waals surface area (Å²) in [5.41, 5.74) is -1.31. The summed E-state index contributed by atoms with van der Waals surface area (Å²) in [7, 11) is 0. The van der Waals surface area contributed by atoms with Crippen LogP contribution >= 0.6 is 0 Å². The SMILES string of the molecule is C=CC1C[N+]2(Cc3cc(C(F)(F)F)cc(C(F)(F)F)c3)CCC1C[C@H]2[C@H](O)c1ccnc2ccccc12. The number of pyridine rings is 1. The molecule has 3 saturated heterocycles. The zero-order chi connectivity index (χ0) is 26.6. The molecule has 9 heteroatoms. The average molecular weight is 522 g/mol. The van der Waals surface area contributed by atoms with E-state index in [-0.39, 0.29) is 34.5 Å². The van der Waals surface area contributed by atoms with Gasteiger partial charge in [0.25, 0.3) is 0 Å². The van der Waals surface area contributed by atoms with Gasteiger partial charge in [-0.05, 0) is 41.8 Å². The number of hydrogen-bond acceptors (Lipinski definition) is 2. The van der Waals surface area contributed by atoms with Crippen LogP contribution < -0.4 is 0 Å². The molecule has 3 aliphatic rings. The van der Waals surface area contributed by atoms with E-state index in [0.717, 1.165) is 23.9 Å². The molecule has 5 atom stereocenters. The van der Waals surface area contributed by atoms with Crippen LogP contribution in [0.4, 0.5) is 26.3 Å². The van der Waals surface area contributed by atoms with Crippen molar-refractivity contribution in [2.24, 2.45) is 11.8 Å². The Bertz CT molecular complexity index is 1280. The molecule has 0 saturated carbocycles. The summed E-state index contributed by atoms with van der Waals surface area (Å²) in [4.78, 5) is 4.35. The molecule has 1 N–H and O–H groups in total. The molecule has 3 fully saturated rings. The third-order valence-electron chi connectivity index (χ3n) is 8.19. The summed E-state index contributed by atoms with van der Waals surface area (Å²) in [6.45, 7) is 4.93. The molecular weight excluding hydrogens is 494 g/mol. The van der Waals surface area contributed by atoms with Gasteiger partial charge >= 0.3 is 12.4 Å². The molecule has 0 spiro atoms. The van der Waals surface area contributed by atoms with Gasteiger partial charge in [-0.1, -0.05) is 24.3 Å². The number of para-hydroxylation sites is 1. The van der Waals surface area contributed by atoms with E-state index in [0.29, 0.717) is 30.6 Å². The molecule has 6 rings (SSSR count). The third-order valence-corrected chi connectivity index (χ3v) is 8.19. The quantitative estimate of drug-likeness (QED) is 0.225. The number of aromatic nitrogens is 1. The Balaban J connectivity index is 1.59. The molecule has 3 unspecified atom stereocenters. The molecule has 3 nitrogen and oxygen atoms in total. The second-order valence-corrected chi connectivity index (χ2v) is 10.3. The number of halogens is 6. The van der Waals surface area contributed by atoms with Gasteiger partial charge < -0.3 is 9.59 Å². The molecule has 2 aromatic carbocycles. The highest BCUT2D eigenvalue weighted by Gasteiger charge is 2.54. The average Bonchev–Trinajstić information content (AvgIpc) is 2.86. The molecule has 3 aromatic rings. The minimum Gasteiger partial charge on any atom is -0.382 e. The molecular formula is C28H27F6N2O+. The third kappa shape index (κ3) is 4.75. The Morgan fingerprint density at radius 1 is 1.03 bits per heavy atom. The van der Waals surface area contributed by atoms with Gasteiger partial charge in [0, 0.05) is 35.9 Å². The van der Waals surface area contributed by atoms with Crippen molar-refractivity contribution in [1.82, 2.24) is 4.98 Å². The minimum absolute atomic E-state index is 0.0397. The van der Waals surface area contributed by atoms with Gasteiger partial charge in [-0.15, -0.1) is 6.58 Å². The van der Waals surface area contributed by atoms with Crippen molar-refractivity contribution >= 4 is 10.9 Å². The Morgan fingerprint density at radius 2 is 1.70 bits per heavy atom. The summed E-state index contributed by atoms with van der Waals surface area (Å²) in [6, 6.07) is 10.5. The first kappa shape index (κ1) is 25.7. The second kappa shape index (κ2) is 9.13. The van der Waals surface area contributed by atoms with Crippen molar-refractivity contribution in [2.75, 3.05) is 13.1 Å². The van der Waals surface area contributed by atoms with Crippen molar-refractivity contribution in [3.8, 4) is 0 Å². The maximum Gasteiger partial charge on any atom is 0.416 e. The van der Waals surface area contributed by atoms with Crippen molar-refractivity contribution < 1.29 is 35.9 Å². The lowest BCUT2D eigenvalue weighted by Gasteiger charge is -2.58. The normalized spacial score (nSPS) is 26.8. The van der Waals surface area contributed by atoms with Gasteiger partial charge in [-0.25, -0.2) is 0 Å². The van der Waals surface area contributed by atoms with Crippen molar-refractivity contribution in [1.29, 1.82) is 0 Å². The molecule has 37 heavy (non-hydrogen) atoms. The molecule has 0 aliphatic carbocycles. The number of aliphatic hydroxyl groups is 1. The molecule has 2 bridgehead atoms. The minimum atomic E-state index is -4.91. The highest BCUT2D eigenvalue weighted by atomic mass is 19.4. The summed E-state index contributed by atoms with van der Waals surface area (Å²) in [6.07, 6.45) is -5.99. The number of hydrogen-bond donors (Lipinski definition) is 1. The van der Waals surface area contributed by atoms with E-state index >= 15 is 0 Å². The van der Waals surface area contributed by atoms with Crippen molar-refractivity contribution in [3.63, 3.8) is 0 Å². The van der Waals surface area contributed by atoms with Crippen molar-refractivity contribution in [3.05, 3.63) is 89.6 Å². The Labute approximate surface area is 210 Å². The van der Waals surface area contributed by atoms with Crippen LogP contribution in [-0.2, 0) is 18.9 Å². The number of benzene rings is 2. The number of alkyl halides is 6. The number of quaternary nitrogens is 1. The molecule has 4 heterocycles. The second-order valence-electron chi connectivity index (χ2n) is 10.3. The van der Waals surface area contributed by atoms with Crippen LogP contribution in [0.1, 0.15) is 41.2 Å². The van der Waals surface area contributed by atoms with E-state index in [1.165, 1.54) is 0 Å². The zero-order valence-electron chi connectivity index (χ0n) is 19.9. The van der Waals surface area contributed by atoms with Gasteiger partial charge in [-0.2, -0.15) is 26.3 Å². The molecule has 1 aromatic heterocycles. The fourth-order valence-electron chi connectivity index (χ4n) is 6.44. The van der Waals surface area contributed by atoms with Gasteiger partial charge in [0.1, 0.15) is 18.7 Å². The fourth-order valence-corrected chi connectivity index (χ4v) is 6.44. The van der Waals surface area contributed by atoms with Crippen LogP contribution in [0.2, 0.25) is 0 Å². The summed E-state index contributed by atoms with van der Waals surface area (Å²) < 4.78 is 81.6. The highest BCUT2D eigenvalue weighted by Crippen LogP contribution is 2.48. The fraction of sp³-hybridized carbons (Fsp3) is 0.393. The van der Waals surface area contributed by atoms with Gasteiger partial charge in [0.2, 0.25) is 0 Å². The van der Waals surface area contributed by atoms with Crippen LogP contribution in [-0.4, -0.2) is 33.7 Å². The first-order valence-corrected chi connectivity index (χ1v) is 12.2. The first-order valence-electron chi connectivity index (χ1n) is 12.2. The van der Waals surface area contributed by atoms with E-state index in [2.05, 4.69) is 11.6 Å². The highest BCUT2D eigenvalue weighted by molar-refractivity contribution is 5.82. The lowest BCUT2D eigenvalue weighted by Crippen LogP contribution is -2.67. The molecule has 196 valence electrons. The molecule has 0 amide bonds. The molecule has 3 aliphatic heterocycles. The number of fused-ring (bicyclic) bond motifs is 4. The van der Waals surface area contributed by atoms with Crippen LogP contribution in [0, 0.1) is 11.8 Å². The lowest BCUT2D eigenvalue weighted by molar-refractivity contribution is -0.984. The first-order chi connectivity index (χ1) is 17.4. The van der Waals surface area contributed by atoms with Crippen LogP contribution in [0.15, 0.2) is 67.4 Å². The number of aliphatic hydroxyl groups excluding tert-OH is 1. The van der Waals surface area contributed by atoms with Crippen molar-refractivity contribution in [2.45, 2.75) is 43.9 Å². The topological polar surface area (TPSA) is 33.1 Å². The molecule has 0 radical (unpaired) electrons. The summed E-state index contributed by atoms with van der Waals surface area (Å²) in [5, 5.41) is 12.5. The van der Waals surface area contributed by atoms with E-state index in [1.807, 2.05) is 30.3 Å². The van der Waals surface area contributed by atoms with E-state index in [4.69, 9.17) is 0 Å². The smallest absolute Gasteiger partial charge is 0.382 e. The maximum absolute atomic E-state index is 13.6. The predicted molar refractivity (Wildman–Crippen MR) is 127 cm³/mol. The Morgan fingerprint density at radius 3 is 2.35 bits per heavy atom. The van der Waals surface area contributed by atoms with Crippen LogP contribution in [0.25, 0.3) is 10.9 Å². The number of rotatable bonds is 5. The van der Waals surface area contributed by atoms with E-state index < -0.39 is 35.6 Å². The largest absolute Gasteiger partial charge is 0.416 e. The monoisotopic (exact) mass is 521 g/mol. The van der Waals surface area contributed by atoms with Gasteiger partial charge in [-0.3, -0.25) is 4.98 Å². The lowest BCUT2D eigenvalue weighted by atomic mass is 9.71. The predicted octanol–water partition coefficient (Wildman–Crippen LogP) is 6.92. The summed E-state index contributed by atoms with van der Waals surface area (Å²) >= 11 is 0. The standard InChI is InChI=1S/C28H27F6N2O/c1-2-18-16-36(15-17-11-20(27(29,30)31)14-21(12-17)28(32,33)34)10-8-19(18)13-25(36)26(37)23-7-9-35-24-6-4-3-5-22(23)24/h2-7,9,11-12,14,18-19,25-26,37H,1,8,10,13,15-16H2/q+1/t18?,19?,25-,26+,36?/m0/s1. The Kier molecular flexibility index (Phi) is 6.35. The maximum atomic E-state index is 13.6. The van der Waals surface area contributed by atoms with Crippen LogP contribution in [0.3, 0.4) is 0 Å². The van der Waals surface area contributed by atoms with Crippen LogP contribution in [0.5, 0.6) is 0 Å². The van der Waals surface area contributed by atoms with Gasteiger partial charge in [0.15, 0.2) is 0 Å². The van der Waals surface area contributed by atoms with E-state index in [1.54, 1.807) is 12.3 Å². The Hall–Kier alpha value is -2.91. The van der Waals surface area contributed by atoms with E-state index in [9.17, 15) is 31.4 Å². The van der Waals surface area contributed by atoms with Gasteiger partial charge in [0.05, 0.1) is 29.7 Å². The number of piperidine rings is 3.